The number of rotatable bonds is 4. The van der Waals surface area contributed by atoms with Crippen LogP contribution < -0.4 is 10.4 Å². The monoisotopic (exact) mass is 248 g/mol. The first-order valence-corrected chi connectivity index (χ1v) is 7.37. The van der Waals surface area contributed by atoms with Gasteiger partial charge < -0.3 is 0 Å². The summed E-state index contributed by atoms with van der Waals surface area (Å²) in [6, 6.07) is 8.73. The van der Waals surface area contributed by atoms with E-state index in [0.717, 1.165) is 0 Å². The van der Waals surface area contributed by atoms with Crippen molar-refractivity contribution in [2.45, 2.75) is 46.3 Å². The molecule has 1 atom stereocenters. The van der Waals surface area contributed by atoms with Crippen molar-refractivity contribution in [3.05, 3.63) is 34.7 Å². The van der Waals surface area contributed by atoms with E-state index < -0.39 is 0 Å². The third kappa shape index (κ3) is 4.59. The van der Waals surface area contributed by atoms with E-state index in [1.54, 1.807) is 0 Å². The largest absolute Gasteiger partial charge is 0.127 e. The van der Waals surface area contributed by atoms with Crippen molar-refractivity contribution in [3.8, 4) is 0 Å². The van der Waals surface area contributed by atoms with E-state index in [1.807, 2.05) is 11.8 Å². The maximum atomic E-state index is 2.39. The van der Waals surface area contributed by atoms with Crippen molar-refractivity contribution in [2.75, 3.05) is 0 Å². The lowest BCUT2D eigenvalue weighted by molar-refractivity contribution is 0.734. The molecule has 0 aliphatic heterocycles. The molecule has 0 aromatic heterocycles. The van der Waals surface area contributed by atoms with E-state index in [2.05, 4.69) is 65.0 Å². The van der Waals surface area contributed by atoms with Crippen molar-refractivity contribution >= 4 is 22.7 Å². The zero-order valence-electron chi connectivity index (χ0n) is 11.7. The highest BCUT2D eigenvalue weighted by atomic mass is 32.2. The average molecular weight is 248 g/mol. The van der Waals surface area contributed by atoms with Crippen LogP contribution in [-0.2, 0) is 0 Å². The molecule has 0 amide bonds. The van der Waals surface area contributed by atoms with Crippen LogP contribution in [0.1, 0.15) is 41.0 Å². The van der Waals surface area contributed by atoms with Gasteiger partial charge in [0.2, 0.25) is 0 Å². The molecule has 0 radical (unpaired) electrons. The molecule has 1 aromatic rings. The van der Waals surface area contributed by atoms with Gasteiger partial charge in [-0.3, -0.25) is 0 Å². The summed E-state index contributed by atoms with van der Waals surface area (Å²) in [4.78, 5) is 1.43. The van der Waals surface area contributed by atoms with Gasteiger partial charge in [-0.2, -0.15) is 0 Å². The molecular formula is C16H24S. The number of hydrogen-bond acceptors (Lipinski definition) is 1. The first kappa shape index (κ1) is 14.4. The van der Waals surface area contributed by atoms with Gasteiger partial charge in [0.25, 0.3) is 0 Å². The second-order valence-electron chi connectivity index (χ2n) is 4.86. The number of benzene rings is 1. The fourth-order valence-corrected chi connectivity index (χ4v) is 2.82. The van der Waals surface area contributed by atoms with E-state index in [1.165, 1.54) is 21.8 Å². The Hall–Kier alpha value is -0.690. The zero-order chi connectivity index (χ0) is 12.8. The second kappa shape index (κ2) is 6.90. The summed E-state index contributed by atoms with van der Waals surface area (Å²) in [5, 5.41) is 3.42. The summed E-state index contributed by atoms with van der Waals surface area (Å²) in [5.41, 5.74) is 0. The summed E-state index contributed by atoms with van der Waals surface area (Å²) >= 11 is 1.95. The lowest BCUT2D eigenvalue weighted by Crippen LogP contribution is -2.26. The van der Waals surface area contributed by atoms with Crippen LogP contribution in [0.4, 0.5) is 0 Å². The van der Waals surface area contributed by atoms with Crippen molar-refractivity contribution in [2.24, 2.45) is 5.92 Å². The standard InChI is InChI=1S/C16H24S/c1-6-13(4)11-15-9-7-8-10-16(15)14(5)17-12(2)3/h7-13H,6H2,1-5H3/b15-11-,16-14+. The van der Waals surface area contributed by atoms with Gasteiger partial charge in [0.1, 0.15) is 0 Å². The van der Waals surface area contributed by atoms with Crippen LogP contribution in [0.15, 0.2) is 24.3 Å². The van der Waals surface area contributed by atoms with E-state index in [4.69, 9.17) is 0 Å². The van der Waals surface area contributed by atoms with Gasteiger partial charge in [-0.25, -0.2) is 0 Å². The van der Waals surface area contributed by atoms with E-state index in [9.17, 15) is 0 Å². The Kier molecular flexibility index (Phi) is 5.84. The predicted octanol–water partition coefficient (Wildman–Crippen LogP) is 3.78. The minimum atomic E-state index is 0.645. The zero-order valence-corrected chi connectivity index (χ0v) is 12.5. The van der Waals surface area contributed by atoms with Gasteiger partial charge in [-0.15, -0.1) is 11.8 Å². The fraction of sp³-hybridized carbons (Fsp3) is 0.500. The smallest absolute Gasteiger partial charge is 0.00346 e. The molecule has 0 heterocycles. The van der Waals surface area contributed by atoms with Crippen LogP contribution >= 0.6 is 11.8 Å². The molecule has 0 aliphatic rings. The fourth-order valence-electron chi connectivity index (χ4n) is 1.80. The molecule has 17 heavy (non-hydrogen) atoms. The van der Waals surface area contributed by atoms with E-state index in [-0.39, 0.29) is 0 Å². The highest BCUT2D eigenvalue weighted by Gasteiger charge is 1.99. The van der Waals surface area contributed by atoms with Crippen LogP contribution in [0, 0.1) is 5.92 Å². The summed E-state index contributed by atoms with van der Waals surface area (Å²) < 4.78 is 0. The first-order chi connectivity index (χ1) is 8.04. The molecule has 1 unspecified atom stereocenters. The van der Waals surface area contributed by atoms with Gasteiger partial charge in [0.05, 0.1) is 0 Å². The molecule has 0 spiro atoms. The molecule has 1 aromatic carbocycles. The van der Waals surface area contributed by atoms with Crippen molar-refractivity contribution < 1.29 is 0 Å². The molecule has 0 fully saturated rings. The van der Waals surface area contributed by atoms with Crippen LogP contribution in [0.25, 0.3) is 11.0 Å². The Balaban J connectivity index is 3.29. The van der Waals surface area contributed by atoms with Gasteiger partial charge >= 0.3 is 0 Å². The normalized spacial score (nSPS) is 16.2. The summed E-state index contributed by atoms with van der Waals surface area (Å²) in [5.74, 6) is 0.646. The number of thioether (sulfide) groups is 1. The topological polar surface area (TPSA) is 0 Å². The summed E-state index contributed by atoms with van der Waals surface area (Å²) in [7, 11) is 0. The number of hydrogen-bond donors (Lipinski definition) is 0. The molecule has 1 rings (SSSR count). The Bertz CT molecular complexity index is 457. The van der Waals surface area contributed by atoms with Crippen LogP contribution in [0.2, 0.25) is 0 Å². The highest BCUT2D eigenvalue weighted by molar-refractivity contribution is 8.08. The van der Waals surface area contributed by atoms with Crippen molar-refractivity contribution in [3.63, 3.8) is 0 Å². The lowest BCUT2D eigenvalue weighted by atomic mass is 10.1. The second-order valence-corrected chi connectivity index (χ2v) is 6.65. The molecule has 0 saturated heterocycles. The Morgan fingerprint density at radius 1 is 1.24 bits per heavy atom. The van der Waals surface area contributed by atoms with Crippen LogP contribution in [-0.4, -0.2) is 5.25 Å². The Morgan fingerprint density at radius 3 is 2.47 bits per heavy atom. The van der Waals surface area contributed by atoms with Gasteiger partial charge in [0, 0.05) is 5.25 Å². The van der Waals surface area contributed by atoms with E-state index in [0.29, 0.717) is 11.2 Å². The summed E-state index contributed by atoms with van der Waals surface area (Å²) in [6.07, 6.45) is 3.59. The van der Waals surface area contributed by atoms with Gasteiger partial charge in [0.15, 0.2) is 0 Å². The van der Waals surface area contributed by atoms with Gasteiger partial charge in [-0.1, -0.05) is 64.5 Å². The van der Waals surface area contributed by atoms with Gasteiger partial charge in [-0.05, 0) is 28.2 Å². The molecule has 0 N–H and O–H groups in total. The lowest BCUT2D eigenvalue weighted by Gasteiger charge is -2.06. The molecule has 0 saturated carbocycles. The molecule has 0 aliphatic carbocycles. The Labute approximate surface area is 110 Å². The third-order valence-corrected chi connectivity index (χ3v) is 3.91. The minimum Gasteiger partial charge on any atom is -0.127 e. The summed E-state index contributed by atoms with van der Waals surface area (Å²) in [6.45, 7) is 11.2. The first-order valence-electron chi connectivity index (χ1n) is 6.49. The van der Waals surface area contributed by atoms with Crippen molar-refractivity contribution in [1.29, 1.82) is 0 Å². The molecular weight excluding hydrogens is 224 g/mol. The third-order valence-electron chi connectivity index (χ3n) is 2.86. The maximum absolute atomic E-state index is 2.39. The quantitative estimate of drug-likeness (QED) is 0.781. The molecule has 1 heteroatoms. The average Bonchev–Trinajstić information content (AvgIpc) is 2.28. The molecule has 94 valence electrons. The molecule has 0 bridgehead atoms. The predicted molar refractivity (Wildman–Crippen MR) is 81.4 cm³/mol. The Morgan fingerprint density at radius 2 is 1.88 bits per heavy atom. The molecule has 0 nitrogen and oxygen atoms in total. The maximum Gasteiger partial charge on any atom is 0.00346 e. The SMILES string of the molecule is CCC(C)/C=c1/cccc/c1=C(/C)SC(C)C. The van der Waals surface area contributed by atoms with Crippen LogP contribution in [0.5, 0.6) is 0 Å². The van der Waals surface area contributed by atoms with Crippen LogP contribution in [0.3, 0.4) is 0 Å². The van der Waals surface area contributed by atoms with E-state index >= 15 is 0 Å². The highest BCUT2D eigenvalue weighted by Crippen LogP contribution is 2.19. The van der Waals surface area contributed by atoms with Crippen molar-refractivity contribution in [1.82, 2.24) is 0 Å². The minimum absolute atomic E-state index is 0.645.